The summed E-state index contributed by atoms with van der Waals surface area (Å²) in [6, 6.07) is 2.97. The predicted octanol–water partition coefficient (Wildman–Crippen LogP) is 3.11. The van der Waals surface area contributed by atoms with E-state index < -0.39 is 16.1 Å². The molecule has 0 spiro atoms. The van der Waals surface area contributed by atoms with E-state index in [0.29, 0.717) is 52.3 Å². The Labute approximate surface area is 226 Å². The van der Waals surface area contributed by atoms with E-state index in [4.69, 9.17) is 4.74 Å². The first-order valence-corrected chi connectivity index (χ1v) is 15.1. The maximum Gasteiger partial charge on any atom is 0.280 e. The summed E-state index contributed by atoms with van der Waals surface area (Å²) in [6.07, 6.45) is 9.46. The molecule has 4 heterocycles. The number of thiazole rings is 1. The molecule has 1 saturated heterocycles. The highest BCUT2D eigenvalue weighted by Gasteiger charge is 2.36. The summed E-state index contributed by atoms with van der Waals surface area (Å²) >= 11 is 1.22. The van der Waals surface area contributed by atoms with Gasteiger partial charge < -0.3 is 15.0 Å². The molecule has 0 unspecified atom stereocenters. The van der Waals surface area contributed by atoms with Gasteiger partial charge in [0.2, 0.25) is 15.9 Å². The molecule has 1 aliphatic carbocycles. The fourth-order valence-corrected chi connectivity index (χ4v) is 6.64. The average Bonchev–Trinajstić information content (AvgIpc) is 3.66. The number of sulfonamides is 1. The van der Waals surface area contributed by atoms with E-state index in [2.05, 4.69) is 41.9 Å². The summed E-state index contributed by atoms with van der Waals surface area (Å²) in [5.41, 5.74) is 1.66. The zero-order valence-electron chi connectivity index (χ0n) is 21.3. The van der Waals surface area contributed by atoms with Crippen LogP contribution in [0.3, 0.4) is 0 Å². The number of nitrogens with one attached hydrogen (secondary N) is 2. The van der Waals surface area contributed by atoms with Gasteiger partial charge in [0, 0.05) is 12.4 Å². The molecular weight excluding hydrogens is 526 g/mol. The fraction of sp³-hybridized carbons (Fsp3) is 0.480. The topological polar surface area (TPSA) is 139 Å². The maximum absolute atomic E-state index is 13.4. The van der Waals surface area contributed by atoms with Crippen LogP contribution in [0.1, 0.15) is 54.1 Å². The van der Waals surface area contributed by atoms with E-state index in [1.54, 1.807) is 36.9 Å². The number of likely N-dealkylation sites (tertiary alicyclic amines) is 1. The number of carbonyl (C=O) groups is 1. The van der Waals surface area contributed by atoms with Crippen LogP contribution < -0.4 is 14.8 Å². The average molecular weight is 558 g/mol. The molecule has 3 aromatic heterocycles. The summed E-state index contributed by atoms with van der Waals surface area (Å²) in [7, 11) is -1.33. The third kappa shape index (κ3) is 6.27. The van der Waals surface area contributed by atoms with Crippen molar-refractivity contribution in [2.45, 2.75) is 43.9 Å². The van der Waals surface area contributed by atoms with Gasteiger partial charge >= 0.3 is 0 Å². The van der Waals surface area contributed by atoms with Crippen LogP contribution in [-0.2, 0) is 10.0 Å². The molecule has 2 aliphatic rings. The molecule has 1 amide bonds. The molecule has 13 heteroatoms. The standard InChI is InChI=1S/C25H31N7O4S2/c1-3-36-22-15-26-13-20(29-22)21-14-28-25(37-21)24(33)30-23(16-7-10-32(2)11-8-16)19-12-17(6-9-27-19)31-38(34,35)18-4-5-18/h6,9,12-16,18,23H,3-5,7-8,10-11H2,1-2H3,(H,27,31)(H,30,33)/t23-/m1/s1. The van der Waals surface area contributed by atoms with Gasteiger partial charge in [0.15, 0.2) is 5.01 Å². The molecule has 2 fully saturated rings. The molecule has 0 bridgehead atoms. The Morgan fingerprint density at radius 3 is 2.71 bits per heavy atom. The van der Waals surface area contributed by atoms with Crippen LogP contribution in [-0.4, -0.2) is 71.2 Å². The first-order valence-electron chi connectivity index (χ1n) is 12.7. The maximum atomic E-state index is 13.4. The molecule has 0 aromatic carbocycles. The van der Waals surface area contributed by atoms with Crippen LogP contribution in [0.25, 0.3) is 10.6 Å². The number of hydrogen-bond donors (Lipinski definition) is 2. The van der Waals surface area contributed by atoms with Crippen molar-refractivity contribution in [2.24, 2.45) is 5.92 Å². The van der Waals surface area contributed by atoms with E-state index in [1.165, 1.54) is 11.3 Å². The van der Waals surface area contributed by atoms with Gasteiger partial charge in [-0.25, -0.2) is 18.4 Å². The van der Waals surface area contributed by atoms with Crippen LogP contribution >= 0.6 is 11.3 Å². The number of piperidine rings is 1. The Balaban J connectivity index is 1.37. The van der Waals surface area contributed by atoms with Crippen LogP contribution in [0.4, 0.5) is 5.69 Å². The summed E-state index contributed by atoms with van der Waals surface area (Å²) in [5, 5.41) is 3.11. The van der Waals surface area contributed by atoms with E-state index in [9.17, 15) is 13.2 Å². The zero-order chi connectivity index (χ0) is 26.7. The Bertz CT molecular complexity index is 1390. The van der Waals surface area contributed by atoms with Crippen molar-refractivity contribution in [1.82, 2.24) is 30.2 Å². The van der Waals surface area contributed by atoms with Gasteiger partial charge in [0.05, 0.1) is 46.6 Å². The Morgan fingerprint density at radius 2 is 1.97 bits per heavy atom. The third-order valence-electron chi connectivity index (χ3n) is 6.70. The van der Waals surface area contributed by atoms with Gasteiger partial charge in [-0.15, -0.1) is 11.3 Å². The van der Waals surface area contributed by atoms with Gasteiger partial charge in [-0.1, -0.05) is 0 Å². The number of hydrogen-bond acceptors (Lipinski definition) is 10. The molecule has 38 heavy (non-hydrogen) atoms. The highest BCUT2D eigenvalue weighted by Crippen LogP contribution is 2.33. The lowest BCUT2D eigenvalue weighted by Crippen LogP contribution is -2.39. The van der Waals surface area contributed by atoms with Crippen molar-refractivity contribution >= 4 is 33.0 Å². The zero-order valence-corrected chi connectivity index (χ0v) is 23.0. The SMILES string of the molecule is CCOc1cncc(-c2cnc(C(=O)N[C@@H](c3cc(NS(=O)(=O)C4CC4)ccn3)C3CCN(C)CC3)s2)n1. The van der Waals surface area contributed by atoms with E-state index >= 15 is 0 Å². The minimum atomic E-state index is -3.41. The highest BCUT2D eigenvalue weighted by molar-refractivity contribution is 7.93. The molecule has 3 aromatic rings. The minimum Gasteiger partial charge on any atom is -0.477 e. The molecule has 1 saturated carbocycles. The van der Waals surface area contributed by atoms with Gasteiger partial charge in [-0.3, -0.25) is 19.5 Å². The quantitative estimate of drug-likeness (QED) is 0.385. The normalized spacial score (nSPS) is 17.6. The third-order valence-corrected chi connectivity index (χ3v) is 9.59. The lowest BCUT2D eigenvalue weighted by molar-refractivity contribution is 0.0898. The minimum absolute atomic E-state index is 0.145. The molecule has 202 valence electrons. The van der Waals surface area contributed by atoms with Gasteiger partial charge in [0.25, 0.3) is 5.91 Å². The molecule has 2 N–H and O–H groups in total. The number of nitrogens with zero attached hydrogens (tertiary/aromatic N) is 5. The summed E-state index contributed by atoms with van der Waals surface area (Å²) < 4.78 is 33.1. The summed E-state index contributed by atoms with van der Waals surface area (Å²) in [6.45, 7) is 4.16. The summed E-state index contributed by atoms with van der Waals surface area (Å²) in [4.78, 5) is 33.8. The highest BCUT2D eigenvalue weighted by atomic mass is 32.2. The number of aromatic nitrogens is 4. The molecular formula is C25H31N7O4S2. The van der Waals surface area contributed by atoms with Crippen molar-refractivity contribution in [2.75, 3.05) is 31.5 Å². The second kappa shape index (κ2) is 11.3. The van der Waals surface area contributed by atoms with Gasteiger partial charge in [-0.2, -0.15) is 0 Å². The monoisotopic (exact) mass is 557 g/mol. The van der Waals surface area contributed by atoms with Crippen molar-refractivity contribution in [3.05, 3.63) is 47.6 Å². The van der Waals surface area contributed by atoms with Gasteiger partial charge in [0.1, 0.15) is 5.69 Å². The number of rotatable bonds is 10. The second-order valence-electron chi connectivity index (χ2n) is 9.61. The lowest BCUT2D eigenvalue weighted by atomic mass is 9.87. The van der Waals surface area contributed by atoms with E-state index in [-0.39, 0.29) is 17.1 Å². The lowest BCUT2D eigenvalue weighted by Gasteiger charge is -2.34. The molecule has 5 rings (SSSR count). The molecule has 0 radical (unpaired) electrons. The Hall–Kier alpha value is -3.16. The molecule has 1 atom stereocenters. The van der Waals surface area contributed by atoms with Crippen LogP contribution in [0.2, 0.25) is 0 Å². The fourth-order valence-electron chi connectivity index (χ4n) is 4.49. The van der Waals surface area contributed by atoms with Crippen molar-refractivity contribution in [3.63, 3.8) is 0 Å². The van der Waals surface area contributed by atoms with E-state index in [1.807, 2.05) is 6.92 Å². The Morgan fingerprint density at radius 1 is 1.18 bits per heavy atom. The summed E-state index contributed by atoms with van der Waals surface area (Å²) in [5.74, 6) is 0.242. The predicted molar refractivity (Wildman–Crippen MR) is 145 cm³/mol. The van der Waals surface area contributed by atoms with Crippen LogP contribution in [0.15, 0.2) is 36.9 Å². The van der Waals surface area contributed by atoms with Crippen LogP contribution in [0.5, 0.6) is 5.88 Å². The smallest absolute Gasteiger partial charge is 0.280 e. The van der Waals surface area contributed by atoms with E-state index in [0.717, 1.165) is 25.9 Å². The number of ether oxygens (including phenoxy) is 1. The van der Waals surface area contributed by atoms with Crippen molar-refractivity contribution in [3.8, 4) is 16.5 Å². The number of anilines is 1. The van der Waals surface area contributed by atoms with Crippen molar-refractivity contribution < 1.29 is 17.9 Å². The van der Waals surface area contributed by atoms with Gasteiger partial charge in [-0.05, 0) is 70.8 Å². The largest absolute Gasteiger partial charge is 0.477 e. The number of pyridine rings is 1. The first kappa shape index (κ1) is 26.4. The van der Waals surface area contributed by atoms with Crippen molar-refractivity contribution in [1.29, 1.82) is 0 Å². The first-order chi connectivity index (χ1) is 18.3. The molecule has 1 aliphatic heterocycles. The number of amides is 1. The van der Waals surface area contributed by atoms with Crippen LogP contribution in [0, 0.1) is 5.92 Å². The molecule has 11 nitrogen and oxygen atoms in total. The number of carbonyl (C=O) groups excluding carboxylic acids is 1. The second-order valence-corrected chi connectivity index (χ2v) is 12.6. The Kier molecular flexibility index (Phi) is 7.86.